The van der Waals surface area contributed by atoms with Crippen LogP contribution in [0.5, 0.6) is 5.75 Å². The van der Waals surface area contributed by atoms with E-state index in [1.54, 1.807) is 13.0 Å². The zero-order chi connectivity index (χ0) is 17.3. The monoisotopic (exact) mass is 361 g/mol. The molecule has 4 N–H and O–H groups in total. The Labute approximate surface area is 145 Å². The van der Waals surface area contributed by atoms with Crippen molar-refractivity contribution in [2.24, 2.45) is 5.10 Å². The van der Waals surface area contributed by atoms with Crippen LogP contribution in [0.3, 0.4) is 0 Å². The van der Waals surface area contributed by atoms with Crippen LogP contribution >= 0.6 is 22.9 Å². The van der Waals surface area contributed by atoms with E-state index >= 15 is 0 Å². The van der Waals surface area contributed by atoms with Crippen LogP contribution in [-0.2, 0) is 0 Å². The average Bonchev–Trinajstić information content (AvgIpc) is 2.89. The first-order valence-corrected chi connectivity index (χ1v) is 7.98. The first-order valence-electron chi connectivity index (χ1n) is 6.79. The van der Waals surface area contributed by atoms with Gasteiger partial charge in [-0.25, -0.2) is 15.4 Å². The number of hydrogen-bond acceptors (Lipinski definition) is 7. The number of carbonyl (C=O) groups excluding carboxylic acids is 1. The van der Waals surface area contributed by atoms with E-state index in [0.29, 0.717) is 37.1 Å². The van der Waals surface area contributed by atoms with Crippen molar-refractivity contribution >= 4 is 51.1 Å². The lowest BCUT2D eigenvalue weighted by atomic mass is 10.2. The molecule has 1 amide bonds. The number of rotatable bonds is 3. The molecule has 0 fully saturated rings. The van der Waals surface area contributed by atoms with Crippen molar-refractivity contribution in [2.45, 2.75) is 6.92 Å². The first-order chi connectivity index (χ1) is 11.5. The number of anilines is 1. The molecule has 0 saturated heterocycles. The Morgan fingerprint density at radius 3 is 3.00 bits per heavy atom. The third-order valence-electron chi connectivity index (χ3n) is 3.32. The number of benzene rings is 1. The molecule has 0 spiro atoms. The Kier molecular flexibility index (Phi) is 4.32. The summed E-state index contributed by atoms with van der Waals surface area (Å²) in [5.41, 5.74) is 9.34. The molecule has 0 saturated carbocycles. The molecular formula is C15H12ClN5O2S. The Morgan fingerprint density at radius 2 is 2.25 bits per heavy atom. The number of nitrogens with two attached hydrogens (primary N) is 1. The summed E-state index contributed by atoms with van der Waals surface area (Å²) in [5, 5.41) is 14.7. The minimum Gasteiger partial charge on any atom is -0.507 e. The number of fused-ring (bicyclic) bond motifs is 1. The van der Waals surface area contributed by atoms with E-state index in [9.17, 15) is 9.90 Å². The van der Waals surface area contributed by atoms with Crippen LogP contribution in [0.4, 0.5) is 5.82 Å². The van der Waals surface area contributed by atoms with Crippen molar-refractivity contribution < 1.29 is 9.90 Å². The lowest BCUT2D eigenvalue weighted by Gasteiger charge is -2.00. The Balaban J connectivity index is 1.83. The summed E-state index contributed by atoms with van der Waals surface area (Å²) < 4.78 is 0. The number of thiophene rings is 1. The molecule has 24 heavy (non-hydrogen) atoms. The van der Waals surface area contributed by atoms with Crippen LogP contribution in [0, 0.1) is 6.92 Å². The molecular weight excluding hydrogens is 350 g/mol. The summed E-state index contributed by atoms with van der Waals surface area (Å²) in [6.45, 7) is 1.78. The second kappa shape index (κ2) is 6.42. The van der Waals surface area contributed by atoms with Crippen LogP contribution in [-0.4, -0.2) is 27.2 Å². The lowest BCUT2D eigenvalue weighted by molar-refractivity contribution is 0.0958. The normalized spacial score (nSPS) is 11.2. The molecule has 2 heterocycles. The molecule has 0 aliphatic heterocycles. The van der Waals surface area contributed by atoms with Gasteiger partial charge in [0.1, 0.15) is 22.7 Å². The molecule has 122 valence electrons. The van der Waals surface area contributed by atoms with Crippen LogP contribution in [0.25, 0.3) is 10.2 Å². The van der Waals surface area contributed by atoms with E-state index in [-0.39, 0.29) is 5.75 Å². The molecule has 1 aromatic carbocycles. The van der Waals surface area contributed by atoms with Gasteiger partial charge in [0.2, 0.25) is 0 Å². The molecule has 0 unspecified atom stereocenters. The Morgan fingerprint density at radius 1 is 1.46 bits per heavy atom. The number of hydrogen-bond donors (Lipinski definition) is 3. The Bertz CT molecular complexity index is 970. The van der Waals surface area contributed by atoms with E-state index in [4.69, 9.17) is 17.3 Å². The van der Waals surface area contributed by atoms with E-state index < -0.39 is 5.91 Å². The van der Waals surface area contributed by atoms with Gasteiger partial charge in [-0.1, -0.05) is 11.6 Å². The van der Waals surface area contributed by atoms with Crippen molar-refractivity contribution in [3.63, 3.8) is 0 Å². The minimum absolute atomic E-state index is 0.0125. The lowest BCUT2D eigenvalue weighted by Crippen LogP contribution is -2.17. The van der Waals surface area contributed by atoms with Gasteiger partial charge in [0.05, 0.1) is 16.5 Å². The number of nitrogen functional groups attached to an aromatic ring is 1. The number of aromatic hydroxyl groups is 1. The summed E-state index contributed by atoms with van der Waals surface area (Å²) in [5.74, 6) is -0.0497. The second-order valence-electron chi connectivity index (χ2n) is 4.90. The summed E-state index contributed by atoms with van der Waals surface area (Å²) in [7, 11) is 0. The number of phenols is 1. The number of hydrazone groups is 1. The van der Waals surface area contributed by atoms with Crippen LogP contribution in [0.15, 0.2) is 29.6 Å². The zero-order valence-electron chi connectivity index (χ0n) is 12.4. The van der Waals surface area contributed by atoms with Gasteiger partial charge in [0.25, 0.3) is 5.91 Å². The molecule has 3 aromatic rings. The highest BCUT2D eigenvalue weighted by Crippen LogP contribution is 2.31. The number of aromatic nitrogens is 2. The SMILES string of the molecule is Cc1c(C(=O)N/N=C\c2cc(Cl)ccc2O)sc2ncnc(N)c12. The quantitative estimate of drug-likeness (QED) is 0.490. The largest absolute Gasteiger partial charge is 0.507 e. The van der Waals surface area contributed by atoms with E-state index in [1.165, 1.54) is 36.0 Å². The molecule has 0 bridgehead atoms. The number of nitrogens with zero attached hydrogens (tertiary/aromatic N) is 3. The van der Waals surface area contributed by atoms with E-state index in [1.807, 2.05) is 0 Å². The standard InChI is InChI=1S/C15H12ClN5O2S/c1-7-11-13(17)18-6-19-15(11)24-12(7)14(23)21-20-5-8-4-9(16)2-3-10(8)22/h2-6,22H,1H3,(H,21,23)(H2,17,18,19)/b20-5-. The second-order valence-corrected chi connectivity index (χ2v) is 6.33. The Hall–Kier alpha value is -2.71. The molecule has 0 atom stereocenters. The third kappa shape index (κ3) is 3.01. The maximum Gasteiger partial charge on any atom is 0.281 e. The fraction of sp³-hybridized carbons (Fsp3) is 0.0667. The highest BCUT2D eigenvalue weighted by Gasteiger charge is 2.18. The third-order valence-corrected chi connectivity index (χ3v) is 4.76. The van der Waals surface area contributed by atoms with Crippen molar-refractivity contribution in [3.05, 3.63) is 45.6 Å². The topological polar surface area (TPSA) is 113 Å². The fourth-order valence-electron chi connectivity index (χ4n) is 2.16. The number of halogens is 1. The average molecular weight is 362 g/mol. The predicted octanol–water partition coefficient (Wildman–Crippen LogP) is 2.70. The van der Waals surface area contributed by atoms with Gasteiger partial charge in [0.15, 0.2) is 0 Å². The molecule has 7 nitrogen and oxygen atoms in total. The number of amides is 1. The first kappa shape index (κ1) is 16.2. The molecule has 0 radical (unpaired) electrons. The van der Waals surface area contributed by atoms with Crippen LogP contribution in [0.1, 0.15) is 20.8 Å². The van der Waals surface area contributed by atoms with E-state index in [0.717, 1.165) is 0 Å². The summed E-state index contributed by atoms with van der Waals surface area (Å²) in [6.07, 6.45) is 2.67. The number of nitrogens with one attached hydrogen (secondary N) is 1. The number of carbonyl (C=O) groups is 1. The highest BCUT2D eigenvalue weighted by atomic mass is 35.5. The van der Waals surface area contributed by atoms with Gasteiger partial charge in [-0.05, 0) is 30.7 Å². The highest BCUT2D eigenvalue weighted by molar-refractivity contribution is 7.20. The van der Waals surface area contributed by atoms with Gasteiger partial charge in [0, 0.05) is 10.6 Å². The van der Waals surface area contributed by atoms with Gasteiger partial charge < -0.3 is 10.8 Å². The smallest absolute Gasteiger partial charge is 0.281 e. The van der Waals surface area contributed by atoms with Gasteiger partial charge >= 0.3 is 0 Å². The maximum atomic E-state index is 12.3. The van der Waals surface area contributed by atoms with Crippen LogP contribution in [0.2, 0.25) is 5.02 Å². The number of aryl methyl sites for hydroxylation is 1. The minimum atomic E-state index is -0.396. The molecule has 0 aliphatic rings. The summed E-state index contributed by atoms with van der Waals surface area (Å²) in [4.78, 5) is 21.4. The van der Waals surface area contributed by atoms with Gasteiger partial charge in [-0.15, -0.1) is 11.3 Å². The van der Waals surface area contributed by atoms with Crippen molar-refractivity contribution in [1.82, 2.24) is 15.4 Å². The zero-order valence-corrected chi connectivity index (χ0v) is 14.0. The molecule has 0 aliphatic carbocycles. The fourth-order valence-corrected chi connectivity index (χ4v) is 3.38. The van der Waals surface area contributed by atoms with Crippen LogP contribution < -0.4 is 11.2 Å². The maximum absolute atomic E-state index is 12.3. The molecule has 9 heteroatoms. The summed E-state index contributed by atoms with van der Waals surface area (Å²) >= 11 is 7.06. The summed E-state index contributed by atoms with van der Waals surface area (Å²) in [6, 6.07) is 4.54. The van der Waals surface area contributed by atoms with Gasteiger partial charge in [-0.3, -0.25) is 4.79 Å². The van der Waals surface area contributed by atoms with Crippen molar-refractivity contribution in [3.8, 4) is 5.75 Å². The predicted molar refractivity (Wildman–Crippen MR) is 94.7 cm³/mol. The number of phenolic OH excluding ortho intramolecular Hbond substituents is 1. The van der Waals surface area contributed by atoms with Crippen molar-refractivity contribution in [2.75, 3.05) is 5.73 Å². The molecule has 2 aromatic heterocycles. The molecule has 3 rings (SSSR count). The van der Waals surface area contributed by atoms with Crippen molar-refractivity contribution in [1.29, 1.82) is 0 Å². The van der Waals surface area contributed by atoms with Gasteiger partial charge in [-0.2, -0.15) is 5.10 Å². The van der Waals surface area contributed by atoms with E-state index in [2.05, 4.69) is 20.5 Å².